The lowest BCUT2D eigenvalue weighted by Gasteiger charge is -1.98. The third-order valence-electron chi connectivity index (χ3n) is 2.60. The van der Waals surface area contributed by atoms with E-state index in [4.69, 9.17) is 0 Å². The molecule has 1 aromatic heterocycles. The van der Waals surface area contributed by atoms with Gasteiger partial charge < -0.3 is 0 Å². The number of hydrogen-bond donors (Lipinski definition) is 1. The van der Waals surface area contributed by atoms with E-state index in [-0.39, 0.29) is 0 Å². The van der Waals surface area contributed by atoms with Gasteiger partial charge in [0.05, 0.1) is 4.21 Å². The van der Waals surface area contributed by atoms with Crippen molar-refractivity contribution in [2.24, 2.45) is 0 Å². The van der Waals surface area contributed by atoms with Gasteiger partial charge in [-0.3, -0.25) is 0 Å². The lowest BCUT2D eigenvalue weighted by Crippen LogP contribution is -1.79. The minimum absolute atomic E-state index is 1.07. The van der Waals surface area contributed by atoms with Gasteiger partial charge >= 0.3 is 0 Å². The van der Waals surface area contributed by atoms with Crippen LogP contribution in [0.25, 0.3) is 16.2 Å². The van der Waals surface area contributed by atoms with Crippen LogP contribution in [0.1, 0.15) is 38.3 Å². The van der Waals surface area contributed by atoms with Gasteiger partial charge in [0.2, 0.25) is 0 Å². The van der Waals surface area contributed by atoms with Crippen LogP contribution in [0, 0.1) is 0 Å². The van der Waals surface area contributed by atoms with Crippen LogP contribution in [0.4, 0.5) is 0 Å². The summed E-state index contributed by atoms with van der Waals surface area (Å²) in [7, 11) is 0. The number of allylic oxidation sites excluding steroid dienone is 2. The lowest BCUT2D eigenvalue weighted by molar-refractivity contribution is 1.09. The Hall–Kier alpha value is -0.990. The number of thiophene rings is 1. The fourth-order valence-electron chi connectivity index (χ4n) is 1.79. The summed E-state index contributed by atoms with van der Waals surface area (Å²) < 4.78 is 2.44. The number of rotatable bonds is 3. The summed E-state index contributed by atoms with van der Waals surface area (Å²) >= 11 is 6.31. The molecule has 0 fully saturated rings. The quantitative estimate of drug-likeness (QED) is 0.493. The second kappa shape index (κ2) is 8.23. The van der Waals surface area contributed by atoms with Crippen molar-refractivity contribution in [3.63, 3.8) is 0 Å². The van der Waals surface area contributed by atoms with E-state index in [1.807, 2.05) is 6.08 Å². The molecule has 0 nitrogen and oxygen atoms in total. The molecular formula is C17H22S2. The van der Waals surface area contributed by atoms with E-state index in [1.165, 1.54) is 27.6 Å². The summed E-state index contributed by atoms with van der Waals surface area (Å²) in [6.07, 6.45) is 8.14. The van der Waals surface area contributed by atoms with Gasteiger partial charge in [-0.1, -0.05) is 70.2 Å². The topological polar surface area (TPSA) is 0 Å². The molecule has 0 aliphatic heterocycles. The fourth-order valence-corrected chi connectivity index (χ4v) is 3.37. The Labute approximate surface area is 126 Å². The minimum atomic E-state index is 1.07. The summed E-state index contributed by atoms with van der Waals surface area (Å²) in [5, 5.41) is 1.30. The average molecular weight is 290 g/mol. The first-order valence-electron chi connectivity index (χ1n) is 6.71. The van der Waals surface area contributed by atoms with Crippen molar-refractivity contribution >= 4 is 40.1 Å². The summed E-state index contributed by atoms with van der Waals surface area (Å²) in [4.78, 5) is 0. The average Bonchev–Trinajstić information content (AvgIpc) is 2.73. The SMILES string of the molecule is C=C/C=C\c1c(S)sc2c(CC)cccc12.CCC. The number of aryl methyl sites for hydroxylation is 1. The molecule has 0 bridgehead atoms. The van der Waals surface area contributed by atoms with E-state index in [2.05, 4.69) is 64.3 Å². The van der Waals surface area contributed by atoms with Crippen LogP contribution < -0.4 is 0 Å². The fraction of sp³-hybridized carbons (Fsp3) is 0.294. The molecule has 0 aliphatic carbocycles. The standard InChI is InChI=1S/C14H14S2.C3H8/c1-3-5-8-12-11-9-6-7-10(4-2)13(11)16-14(12)15;1-3-2/h3,5-9,15H,1,4H2,2H3;3H2,1-2H3/b8-5-;. The van der Waals surface area contributed by atoms with Crippen molar-refractivity contribution in [3.8, 4) is 0 Å². The molecule has 1 heterocycles. The van der Waals surface area contributed by atoms with Crippen LogP contribution >= 0.6 is 24.0 Å². The Balaban J connectivity index is 0.000000550. The van der Waals surface area contributed by atoms with Crippen molar-refractivity contribution in [1.82, 2.24) is 0 Å². The molecule has 19 heavy (non-hydrogen) atoms. The Morgan fingerprint density at radius 2 is 1.95 bits per heavy atom. The molecule has 2 aromatic rings. The molecule has 0 N–H and O–H groups in total. The van der Waals surface area contributed by atoms with E-state index in [9.17, 15) is 0 Å². The molecule has 0 saturated carbocycles. The Kier molecular flexibility index (Phi) is 6.96. The highest BCUT2D eigenvalue weighted by Gasteiger charge is 2.09. The molecule has 0 amide bonds. The highest BCUT2D eigenvalue weighted by molar-refractivity contribution is 7.83. The molecule has 2 rings (SSSR count). The van der Waals surface area contributed by atoms with Crippen molar-refractivity contribution in [3.05, 3.63) is 48.1 Å². The van der Waals surface area contributed by atoms with Crippen LogP contribution in [0.3, 0.4) is 0 Å². The predicted molar refractivity (Wildman–Crippen MR) is 93.7 cm³/mol. The van der Waals surface area contributed by atoms with E-state index < -0.39 is 0 Å². The first kappa shape index (κ1) is 16.1. The number of fused-ring (bicyclic) bond motifs is 1. The molecule has 0 atom stereocenters. The molecule has 0 radical (unpaired) electrons. The monoisotopic (exact) mass is 290 g/mol. The third-order valence-corrected chi connectivity index (χ3v) is 4.21. The molecule has 2 heteroatoms. The minimum Gasteiger partial charge on any atom is -0.132 e. The van der Waals surface area contributed by atoms with Gasteiger partial charge in [0.25, 0.3) is 0 Å². The van der Waals surface area contributed by atoms with Crippen LogP contribution in [0.5, 0.6) is 0 Å². The smallest absolute Gasteiger partial charge is 0.0653 e. The molecule has 102 valence electrons. The first-order valence-corrected chi connectivity index (χ1v) is 7.98. The number of benzene rings is 1. The van der Waals surface area contributed by atoms with Gasteiger partial charge in [-0.2, -0.15) is 0 Å². The highest BCUT2D eigenvalue weighted by Crippen LogP contribution is 2.36. The van der Waals surface area contributed by atoms with Crippen LogP contribution in [0.15, 0.2) is 41.1 Å². The maximum atomic E-state index is 4.55. The maximum Gasteiger partial charge on any atom is 0.0653 e. The summed E-state index contributed by atoms with van der Waals surface area (Å²) in [5.74, 6) is 0. The van der Waals surface area contributed by atoms with E-state index in [0.29, 0.717) is 0 Å². The van der Waals surface area contributed by atoms with E-state index in [1.54, 1.807) is 17.4 Å². The molecule has 1 aromatic carbocycles. The van der Waals surface area contributed by atoms with Gasteiger partial charge in [-0.05, 0) is 12.0 Å². The van der Waals surface area contributed by atoms with Crippen molar-refractivity contribution < 1.29 is 0 Å². The van der Waals surface area contributed by atoms with Gasteiger partial charge in [-0.15, -0.1) is 24.0 Å². The van der Waals surface area contributed by atoms with Crippen molar-refractivity contribution in [1.29, 1.82) is 0 Å². The predicted octanol–water partition coefficient (Wildman–Crippen LogP) is 6.37. The zero-order valence-corrected chi connectivity index (χ0v) is 13.7. The van der Waals surface area contributed by atoms with E-state index >= 15 is 0 Å². The zero-order valence-electron chi connectivity index (χ0n) is 11.9. The first-order chi connectivity index (χ1) is 9.19. The van der Waals surface area contributed by atoms with Crippen LogP contribution in [-0.2, 0) is 6.42 Å². The maximum absolute atomic E-state index is 4.55. The Bertz CT molecular complexity index is 562. The van der Waals surface area contributed by atoms with Crippen molar-refractivity contribution in [2.75, 3.05) is 0 Å². The lowest BCUT2D eigenvalue weighted by atomic mass is 10.1. The summed E-state index contributed by atoms with van der Waals surface area (Å²) in [6.45, 7) is 10.1. The van der Waals surface area contributed by atoms with Gasteiger partial charge in [-0.25, -0.2) is 0 Å². The molecular weight excluding hydrogens is 268 g/mol. The third kappa shape index (κ3) is 3.99. The molecule has 0 spiro atoms. The molecule has 0 aliphatic rings. The highest BCUT2D eigenvalue weighted by atomic mass is 32.2. The second-order valence-corrected chi connectivity index (χ2v) is 6.04. The largest absolute Gasteiger partial charge is 0.132 e. The van der Waals surface area contributed by atoms with Crippen LogP contribution in [-0.4, -0.2) is 0 Å². The van der Waals surface area contributed by atoms with Crippen molar-refractivity contribution in [2.45, 2.75) is 37.8 Å². The summed E-state index contributed by atoms with van der Waals surface area (Å²) in [6, 6.07) is 6.47. The van der Waals surface area contributed by atoms with Crippen LogP contribution in [0.2, 0.25) is 0 Å². The Morgan fingerprint density at radius 1 is 1.26 bits per heavy atom. The van der Waals surface area contributed by atoms with E-state index in [0.717, 1.165) is 10.6 Å². The number of hydrogen-bond acceptors (Lipinski definition) is 2. The second-order valence-electron chi connectivity index (χ2n) is 4.27. The molecule has 0 unspecified atom stereocenters. The Morgan fingerprint density at radius 3 is 2.53 bits per heavy atom. The van der Waals surface area contributed by atoms with Gasteiger partial charge in [0, 0.05) is 15.6 Å². The molecule has 0 saturated heterocycles. The number of thiol groups is 1. The zero-order chi connectivity index (χ0) is 14.3. The van der Waals surface area contributed by atoms with Gasteiger partial charge in [0.15, 0.2) is 0 Å². The van der Waals surface area contributed by atoms with Gasteiger partial charge in [0.1, 0.15) is 0 Å². The summed E-state index contributed by atoms with van der Waals surface area (Å²) in [5.41, 5.74) is 2.61. The normalized spacial score (nSPS) is 10.5.